The number of carboxylic acid groups (broad SMARTS) is 1. The largest absolute Gasteiger partial charge is 0.491 e. The number of benzene rings is 2. The van der Waals surface area contributed by atoms with Crippen molar-refractivity contribution in [3.05, 3.63) is 65.2 Å². The van der Waals surface area contributed by atoms with Gasteiger partial charge in [-0.2, -0.15) is 0 Å². The van der Waals surface area contributed by atoms with E-state index in [1.165, 1.54) is 5.56 Å². The zero-order valence-corrected chi connectivity index (χ0v) is 14.6. The van der Waals surface area contributed by atoms with Crippen LogP contribution >= 0.6 is 0 Å². The quantitative estimate of drug-likeness (QED) is 0.638. The van der Waals surface area contributed by atoms with Crippen molar-refractivity contribution in [3.63, 3.8) is 0 Å². The zero-order valence-electron chi connectivity index (χ0n) is 14.6. The predicted molar refractivity (Wildman–Crippen MR) is 97.4 cm³/mol. The monoisotopic (exact) mass is 357 g/mol. The Hall–Kier alpha value is -2.86. The maximum Gasteiger partial charge on any atom is 0.322 e. The average Bonchev–Trinajstić information content (AvgIpc) is 2.65. The SMILES string of the molecule is CCc1ccc(CC(O)COc2ccc(C(=O)NCC(=O)O)cc2)cc1. The second-order valence-electron chi connectivity index (χ2n) is 5.94. The van der Waals surface area contributed by atoms with Gasteiger partial charge in [0.1, 0.15) is 18.9 Å². The van der Waals surface area contributed by atoms with Crippen LogP contribution in [-0.4, -0.2) is 41.3 Å². The van der Waals surface area contributed by atoms with Gasteiger partial charge in [0.15, 0.2) is 0 Å². The number of aliphatic carboxylic acids is 1. The number of amides is 1. The molecule has 0 saturated heterocycles. The summed E-state index contributed by atoms with van der Waals surface area (Å²) in [4.78, 5) is 22.2. The Balaban J connectivity index is 1.81. The van der Waals surface area contributed by atoms with Gasteiger partial charge in [-0.25, -0.2) is 0 Å². The number of aliphatic hydroxyl groups excluding tert-OH is 1. The average molecular weight is 357 g/mol. The minimum Gasteiger partial charge on any atom is -0.491 e. The maximum atomic E-state index is 11.7. The van der Waals surface area contributed by atoms with Crippen LogP contribution in [0.15, 0.2) is 48.5 Å². The molecule has 6 heteroatoms. The summed E-state index contributed by atoms with van der Waals surface area (Å²) in [6, 6.07) is 14.4. The van der Waals surface area contributed by atoms with Crippen molar-refractivity contribution in [2.24, 2.45) is 0 Å². The summed E-state index contributed by atoms with van der Waals surface area (Å²) in [5, 5.41) is 20.9. The highest BCUT2D eigenvalue weighted by molar-refractivity contribution is 5.95. The van der Waals surface area contributed by atoms with Gasteiger partial charge in [0, 0.05) is 12.0 Å². The molecule has 2 rings (SSSR count). The van der Waals surface area contributed by atoms with Gasteiger partial charge in [0.25, 0.3) is 5.91 Å². The van der Waals surface area contributed by atoms with Crippen LogP contribution in [0.4, 0.5) is 0 Å². The molecular formula is C20H23NO5. The summed E-state index contributed by atoms with van der Waals surface area (Å²) in [6.45, 7) is 1.81. The summed E-state index contributed by atoms with van der Waals surface area (Å²) in [5.41, 5.74) is 2.64. The Morgan fingerprint density at radius 1 is 1.04 bits per heavy atom. The third-order valence-electron chi connectivity index (χ3n) is 3.86. The van der Waals surface area contributed by atoms with Crippen LogP contribution in [0.1, 0.15) is 28.4 Å². The standard InChI is InChI=1S/C20H23NO5/c1-2-14-3-5-15(6-4-14)11-17(22)13-26-18-9-7-16(8-10-18)20(25)21-12-19(23)24/h3-10,17,22H,2,11-13H2,1H3,(H,21,25)(H,23,24). The predicted octanol–water partition coefficient (Wildman–Crippen LogP) is 2.05. The lowest BCUT2D eigenvalue weighted by Gasteiger charge is -2.13. The highest BCUT2D eigenvalue weighted by Gasteiger charge is 2.09. The summed E-state index contributed by atoms with van der Waals surface area (Å²) >= 11 is 0. The number of aliphatic hydroxyl groups is 1. The molecule has 0 bridgehead atoms. The molecule has 3 N–H and O–H groups in total. The molecule has 1 atom stereocenters. The molecule has 0 radical (unpaired) electrons. The Kier molecular flexibility index (Phi) is 7.17. The van der Waals surface area contributed by atoms with Crippen LogP contribution < -0.4 is 10.1 Å². The van der Waals surface area contributed by atoms with Crippen LogP contribution in [0, 0.1) is 0 Å². The van der Waals surface area contributed by atoms with Crippen LogP contribution in [0.3, 0.4) is 0 Å². The van der Waals surface area contributed by atoms with Gasteiger partial charge in [0.05, 0.1) is 6.10 Å². The van der Waals surface area contributed by atoms with Crippen molar-refractivity contribution in [1.82, 2.24) is 5.32 Å². The van der Waals surface area contributed by atoms with E-state index in [1.807, 2.05) is 12.1 Å². The third kappa shape index (κ3) is 6.22. The topological polar surface area (TPSA) is 95.9 Å². The first-order valence-electron chi connectivity index (χ1n) is 8.46. The molecule has 1 amide bonds. The summed E-state index contributed by atoms with van der Waals surface area (Å²) in [5.74, 6) is -1.04. The van der Waals surface area contributed by atoms with E-state index in [1.54, 1.807) is 24.3 Å². The van der Waals surface area contributed by atoms with E-state index in [4.69, 9.17) is 9.84 Å². The summed E-state index contributed by atoms with van der Waals surface area (Å²) < 4.78 is 5.54. The first-order chi connectivity index (χ1) is 12.5. The van der Waals surface area contributed by atoms with Gasteiger partial charge in [-0.15, -0.1) is 0 Å². The van der Waals surface area contributed by atoms with E-state index >= 15 is 0 Å². The number of rotatable bonds is 9. The number of carbonyl (C=O) groups is 2. The van der Waals surface area contributed by atoms with E-state index in [0.717, 1.165) is 12.0 Å². The molecule has 0 saturated carbocycles. The second kappa shape index (κ2) is 9.58. The fraction of sp³-hybridized carbons (Fsp3) is 0.300. The van der Waals surface area contributed by atoms with Crippen molar-refractivity contribution in [2.75, 3.05) is 13.2 Å². The fourth-order valence-corrected chi connectivity index (χ4v) is 2.39. The van der Waals surface area contributed by atoms with E-state index in [2.05, 4.69) is 24.4 Å². The molecule has 2 aromatic rings. The van der Waals surface area contributed by atoms with E-state index in [-0.39, 0.29) is 6.61 Å². The van der Waals surface area contributed by atoms with Gasteiger partial charge in [-0.1, -0.05) is 31.2 Å². The normalized spacial score (nSPS) is 11.6. The van der Waals surface area contributed by atoms with Crippen molar-refractivity contribution in [3.8, 4) is 5.75 Å². The molecule has 0 aromatic heterocycles. The molecule has 0 aliphatic carbocycles. The lowest BCUT2D eigenvalue weighted by molar-refractivity contribution is -0.135. The van der Waals surface area contributed by atoms with Gasteiger partial charge in [-0.3, -0.25) is 9.59 Å². The molecule has 0 aliphatic rings. The molecule has 0 spiro atoms. The fourth-order valence-electron chi connectivity index (χ4n) is 2.39. The highest BCUT2D eigenvalue weighted by atomic mass is 16.5. The molecule has 138 valence electrons. The first kappa shape index (κ1) is 19.5. The Bertz CT molecular complexity index is 725. The van der Waals surface area contributed by atoms with Crippen LogP contribution in [0.25, 0.3) is 0 Å². The lowest BCUT2D eigenvalue weighted by atomic mass is 10.1. The number of hydrogen-bond donors (Lipinski definition) is 3. The molecule has 0 heterocycles. The zero-order chi connectivity index (χ0) is 18.9. The molecule has 1 unspecified atom stereocenters. The van der Waals surface area contributed by atoms with Crippen LogP contribution in [-0.2, 0) is 17.6 Å². The second-order valence-corrected chi connectivity index (χ2v) is 5.94. The number of ether oxygens (including phenoxy) is 1. The number of hydrogen-bond acceptors (Lipinski definition) is 4. The van der Waals surface area contributed by atoms with Gasteiger partial charge in [-0.05, 0) is 41.8 Å². The summed E-state index contributed by atoms with van der Waals surface area (Å²) in [7, 11) is 0. The molecular weight excluding hydrogens is 334 g/mol. The minimum atomic E-state index is -1.10. The summed E-state index contributed by atoms with van der Waals surface area (Å²) in [6.07, 6.45) is 0.844. The Morgan fingerprint density at radius 2 is 1.65 bits per heavy atom. The van der Waals surface area contributed by atoms with Gasteiger partial charge >= 0.3 is 5.97 Å². The molecule has 6 nitrogen and oxygen atoms in total. The molecule has 26 heavy (non-hydrogen) atoms. The van der Waals surface area contributed by atoms with Crippen LogP contribution in [0.2, 0.25) is 0 Å². The van der Waals surface area contributed by atoms with E-state index in [9.17, 15) is 14.7 Å². The van der Waals surface area contributed by atoms with Crippen LogP contribution in [0.5, 0.6) is 5.75 Å². The van der Waals surface area contributed by atoms with Crippen molar-refractivity contribution in [1.29, 1.82) is 0 Å². The number of carboxylic acids is 1. The molecule has 0 aliphatic heterocycles. The Morgan fingerprint density at radius 3 is 2.23 bits per heavy atom. The van der Waals surface area contributed by atoms with Gasteiger partial charge < -0.3 is 20.3 Å². The highest BCUT2D eigenvalue weighted by Crippen LogP contribution is 2.14. The third-order valence-corrected chi connectivity index (χ3v) is 3.86. The molecule has 0 fully saturated rings. The van der Waals surface area contributed by atoms with E-state index < -0.39 is 24.5 Å². The maximum absolute atomic E-state index is 11.7. The number of aryl methyl sites for hydroxylation is 1. The number of nitrogens with one attached hydrogen (secondary N) is 1. The first-order valence-corrected chi connectivity index (χ1v) is 8.46. The Labute approximate surface area is 152 Å². The molecule has 2 aromatic carbocycles. The van der Waals surface area contributed by atoms with Gasteiger partial charge in [0.2, 0.25) is 0 Å². The van der Waals surface area contributed by atoms with E-state index in [0.29, 0.717) is 17.7 Å². The smallest absolute Gasteiger partial charge is 0.322 e. The number of carbonyl (C=O) groups excluding carboxylic acids is 1. The minimum absolute atomic E-state index is 0.139. The van der Waals surface area contributed by atoms with Crippen molar-refractivity contribution >= 4 is 11.9 Å². The lowest BCUT2D eigenvalue weighted by Crippen LogP contribution is -2.29. The van der Waals surface area contributed by atoms with Crippen molar-refractivity contribution < 1.29 is 24.5 Å². The van der Waals surface area contributed by atoms with Crippen molar-refractivity contribution in [2.45, 2.75) is 25.9 Å².